The maximum absolute atomic E-state index is 13.8. The van der Waals surface area contributed by atoms with Crippen LogP contribution in [0.25, 0.3) is 0 Å². The minimum absolute atomic E-state index is 0.0294. The third-order valence-electron chi connectivity index (χ3n) is 8.50. The van der Waals surface area contributed by atoms with Crippen molar-refractivity contribution >= 4 is 11.9 Å². The van der Waals surface area contributed by atoms with Crippen LogP contribution >= 0.6 is 0 Å². The van der Waals surface area contributed by atoms with Gasteiger partial charge in [-0.2, -0.15) is 0 Å². The maximum Gasteiger partial charge on any atom is 0.339 e. The van der Waals surface area contributed by atoms with Crippen molar-refractivity contribution in [2.75, 3.05) is 26.2 Å². The van der Waals surface area contributed by atoms with Crippen LogP contribution in [0.4, 0.5) is 0 Å². The number of aliphatic hydroxyl groups excluding tert-OH is 1. The van der Waals surface area contributed by atoms with Gasteiger partial charge in [-0.15, -0.1) is 0 Å². The number of carbonyl (C=O) groups excluding carboxylic acids is 2. The molecule has 1 N–H and O–H groups in total. The molecule has 2 aromatic rings. The van der Waals surface area contributed by atoms with Crippen LogP contribution in [-0.2, 0) is 32.7 Å². The molecule has 0 radical (unpaired) electrons. The first-order valence-electron chi connectivity index (χ1n) is 13.8. The summed E-state index contributed by atoms with van der Waals surface area (Å²) < 4.78 is 11.7. The molecule has 3 saturated heterocycles. The summed E-state index contributed by atoms with van der Waals surface area (Å²) in [5.41, 5.74) is 2.55. The highest BCUT2D eigenvalue weighted by atomic mass is 16.5. The number of benzene rings is 1. The molecule has 1 aromatic carbocycles. The number of rotatable bonds is 9. The summed E-state index contributed by atoms with van der Waals surface area (Å²) in [5.74, 6) is 0.0623. The van der Waals surface area contributed by atoms with Crippen LogP contribution in [0.1, 0.15) is 78.5 Å². The largest absolute Gasteiger partial charge is 0.462 e. The molecule has 1 unspecified atom stereocenters. The van der Waals surface area contributed by atoms with Crippen molar-refractivity contribution in [3.05, 3.63) is 65.0 Å². The summed E-state index contributed by atoms with van der Waals surface area (Å²) in [7, 11) is 0. The molecule has 1 saturated carbocycles. The van der Waals surface area contributed by atoms with Gasteiger partial charge >= 0.3 is 11.9 Å². The second-order valence-electron chi connectivity index (χ2n) is 10.9. The van der Waals surface area contributed by atoms with E-state index < -0.39 is 11.4 Å². The lowest BCUT2D eigenvalue weighted by molar-refractivity contribution is -0.167. The Morgan fingerprint density at radius 3 is 2.57 bits per heavy atom. The molecule has 6 rings (SSSR count). The first-order valence-corrected chi connectivity index (χ1v) is 13.8. The number of aromatic nitrogens is 1. The predicted octanol–water partition coefficient (Wildman–Crippen LogP) is 4.20. The zero-order valence-electron chi connectivity index (χ0n) is 21.6. The normalized spacial score (nSPS) is 24.4. The van der Waals surface area contributed by atoms with Crippen LogP contribution in [-0.4, -0.2) is 59.3 Å². The SMILES string of the molecule is O=C(OCCCc1cccc(C2(C(=O)OC3CN4CCC3CC4)CCCCC2)c1)c1ccc(CO)nc1. The van der Waals surface area contributed by atoms with E-state index in [2.05, 4.69) is 28.1 Å². The quantitative estimate of drug-likeness (QED) is 0.403. The summed E-state index contributed by atoms with van der Waals surface area (Å²) >= 11 is 0. The average Bonchev–Trinajstić information content (AvgIpc) is 2.96. The molecule has 7 nitrogen and oxygen atoms in total. The molecule has 7 heteroatoms. The molecule has 3 aliphatic heterocycles. The molecule has 1 atom stereocenters. The van der Waals surface area contributed by atoms with Crippen LogP contribution in [0.15, 0.2) is 42.6 Å². The van der Waals surface area contributed by atoms with E-state index in [1.807, 2.05) is 6.07 Å². The third-order valence-corrected chi connectivity index (χ3v) is 8.50. The Morgan fingerprint density at radius 2 is 1.89 bits per heavy atom. The van der Waals surface area contributed by atoms with Crippen molar-refractivity contribution in [2.24, 2.45) is 5.92 Å². The number of aliphatic hydroxyl groups is 1. The molecule has 37 heavy (non-hydrogen) atoms. The van der Waals surface area contributed by atoms with E-state index in [-0.39, 0.29) is 18.7 Å². The van der Waals surface area contributed by atoms with Gasteiger partial charge in [0.2, 0.25) is 0 Å². The van der Waals surface area contributed by atoms with Gasteiger partial charge in [-0.1, -0.05) is 43.5 Å². The lowest BCUT2D eigenvalue weighted by atomic mass is 9.69. The van der Waals surface area contributed by atoms with Gasteiger partial charge in [0.15, 0.2) is 0 Å². The van der Waals surface area contributed by atoms with Crippen molar-refractivity contribution in [1.82, 2.24) is 9.88 Å². The Balaban J connectivity index is 1.20. The van der Waals surface area contributed by atoms with Gasteiger partial charge in [0, 0.05) is 12.7 Å². The standard InChI is InChI=1S/C30H38N2O5/c33-21-26-10-9-24(19-31-26)28(34)36-17-5-7-22-6-4-8-25(18-22)30(13-2-1-3-14-30)29(35)37-27-20-32-15-11-23(27)12-16-32/h4,6,8-10,18-19,23,27,33H,1-3,5,7,11-17,20-21H2. The molecular weight excluding hydrogens is 468 g/mol. The molecule has 1 aromatic heterocycles. The first-order chi connectivity index (χ1) is 18.1. The minimum atomic E-state index is -0.555. The van der Waals surface area contributed by atoms with Crippen LogP contribution < -0.4 is 0 Å². The van der Waals surface area contributed by atoms with Crippen molar-refractivity contribution < 1.29 is 24.2 Å². The predicted molar refractivity (Wildman–Crippen MR) is 139 cm³/mol. The Kier molecular flexibility index (Phi) is 8.20. The van der Waals surface area contributed by atoms with Crippen LogP contribution in [0.2, 0.25) is 0 Å². The summed E-state index contributed by atoms with van der Waals surface area (Å²) in [4.78, 5) is 32.5. The summed E-state index contributed by atoms with van der Waals surface area (Å²) in [6, 6.07) is 11.6. The number of hydrogen-bond acceptors (Lipinski definition) is 7. The molecule has 0 amide bonds. The van der Waals surface area contributed by atoms with Crippen LogP contribution in [0.5, 0.6) is 0 Å². The van der Waals surface area contributed by atoms with E-state index in [1.54, 1.807) is 12.1 Å². The van der Waals surface area contributed by atoms with E-state index in [0.29, 0.717) is 30.2 Å². The summed E-state index contributed by atoms with van der Waals surface area (Å²) in [6.45, 7) is 3.29. The average molecular weight is 507 g/mol. The molecule has 1 aliphatic carbocycles. The number of ether oxygens (including phenoxy) is 2. The fourth-order valence-corrected chi connectivity index (χ4v) is 6.25. The Hall–Kier alpha value is -2.77. The highest BCUT2D eigenvalue weighted by molar-refractivity contribution is 5.89. The topological polar surface area (TPSA) is 89.0 Å². The summed E-state index contributed by atoms with van der Waals surface area (Å²) in [5, 5.41) is 9.09. The fraction of sp³-hybridized carbons (Fsp3) is 0.567. The van der Waals surface area contributed by atoms with Gasteiger partial charge in [-0.25, -0.2) is 4.79 Å². The number of pyridine rings is 1. The molecule has 2 bridgehead atoms. The minimum Gasteiger partial charge on any atom is -0.462 e. The van der Waals surface area contributed by atoms with Crippen LogP contribution in [0, 0.1) is 5.92 Å². The van der Waals surface area contributed by atoms with Gasteiger partial charge in [0.1, 0.15) is 6.10 Å². The maximum atomic E-state index is 13.8. The molecular formula is C30H38N2O5. The highest BCUT2D eigenvalue weighted by Gasteiger charge is 2.45. The van der Waals surface area contributed by atoms with E-state index in [4.69, 9.17) is 14.6 Å². The van der Waals surface area contributed by atoms with E-state index in [9.17, 15) is 9.59 Å². The third kappa shape index (κ3) is 5.88. The highest BCUT2D eigenvalue weighted by Crippen LogP contribution is 2.42. The Labute approximate surface area is 219 Å². The van der Waals surface area contributed by atoms with Gasteiger partial charge in [0.05, 0.1) is 29.9 Å². The van der Waals surface area contributed by atoms with Gasteiger partial charge in [-0.05, 0) is 80.8 Å². The number of esters is 2. The zero-order chi connectivity index (χ0) is 25.7. The van der Waals surface area contributed by atoms with Crippen molar-refractivity contribution in [3.63, 3.8) is 0 Å². The van der Waals surface area contributed by atoms with Crippen molar-refractivity contribution in [2.45, 2.75) is 75.9 Å². The fourth-order valence-electron chi connectivity index (χ4n) is 6.25. The second kappa shape index (κ2) is 11.7. The lowest BCUT2D eigenvalue weighted by Crippen LogP contribution is -2.53. The van der Waals surface area contributed by atoms with E-state index in [1.165, 1.54) is 6.20 Å². The summed E-state index contributed by atoms with van der Waals surface area (Å²) in [6.07, 6.45) is 10.1. The molecule has 4 heterocycles. The van der Waals surface area contributed by atoms with Gasteiger partial charge in [0.25, 0.3) is 0 Å². The van der Waals surface area contributed by atoms with Gasteiger partial charge in [-0.3, -0.25) is 14.7 Å². The Bertz CT molecular complexity index is 1070. The molecule has 4 aliphatic rings. The number of hydrogen-bond donors (Lipinski definition) is 1. The monoisotopic (exact) mass is 506 g/mol. The molecule has 0 spiro atoms. The zero-order valence-corrected chi connectivity index (χ0v) is 21.6. The number of carbonyl (C=O) groups is 2. The lowest BCUT2D eigenvalue weighted by Gasteiger charge is -2.45. The Morgan fingerprint density at radius 1 is 1.08 bits per heavy atom. The van der Waals surface area contributed by atoms with Gasteiger partial charge < -0.3 is 14.6 Å². The van der Waals surface area contributed by atoms with E-state index in [0.717, 1.165) is 82.1 Å². The molecule has 198 valence electrons. The van der Waals surface area contributed by atoms with Crippen molar-refractivity contribution in [1.29, 1.82) is 0 Å². The first kappa shape index (κ1) is 25.9. The van der Waals surface area contributed by atoms with E-state index >= 15 is 0 Å². The number of aryl methyl sites for hydroxylation is 1. The number of fused-ring (bicyclic) bond motifs is 3. The second-order valence-corrected chi connectivity index (χ2v) is 10.9. The smallest absolute Gasteiger partial charge is 0.339 e. The van der Waals surface area contributed by atoms with Crippen molar-refractivity contribution in [3.8, 4) is 0 Å². The van der Waals surface area contributed by atoms with Crippen LogP contribution in [0.3, 0.4) is 0 Å². The number of piperidine rings is 3. The molecule has 4 fully saturated rings. The number of nitrogens with zero attached hydrogens (tertiary/aromatic N) is 2.